The predicted octanol–water partition coefficient (Wildman–Crippen LogP) is 0.324. The predicted molar refractivity (Wildman–Crippen MR) is 54.7 cm³/mol. The van der Waals surface area contributed by atoms with E-state index in [0.29, 0.717) is 0 Å². The number of hydrogen-bond acceptors (Lipinski definition) is 7. The van der Waals surface area contributed by atoms with Crippen molar-refractivity contribution in [1.29, 1.82) is 0 Å². The SMILES string of the molecule is N.N.N.O=P(O)(O)C(O)P(=O)(O)OCCl. The van der Waals surface area contributed by atoms with Gasteiger partial charge in [0.25, 0.3) is 5.59 Å². The highest BCUT2D eigenvalue weighted by molar-refractivity contribution is 7.70. The Morgan fingerprint density at radius 3 is 1.67 bits per heavy atom. The summed E-state index contributed by atoms with van der Waals surface area (Å²) in [4.78, 5) is 25.1. The van der Waals surface area contributed by atoms with Crippen LogP contribution < -0.4 is 18.5 Å². The summed E-state index contributed by atoms with van der Waals surface area (Å²) in [5.41, 5.74) is -2.75. The van der Waals surface area contributed by atoms with Crippen LogP contribution in [-0.2, 0) is 13.7 Å². The maximum Gasteiger partial charge on any atom is 0.370 e. The maximum atomic E-state index is 10.7. The first-order valence-electron chi connectivity index (χ1n) is 2.48. The van der Waals surface area contributed by atoms with E-state index in [-0.39, 0.29) is 18.5 Å². The molecule has 13 N–H and O–H groups in total. The minimum absolute atomic E-state index is 0. The molecule has 0 radical (unpaired) electrons. The summed E-state index contributed by atoms with van der Waals surface area (Å²) >= 11 is 4.86. The van der Waals surface area contributed by atoms with E-state index >= 15 is 0 Å². The molecule has 0 heterocycles. The second kappa shape index (κ2) is 8.57. The average molecular weight is 292 g/mol. The molecule has 0 aliphatic carbocycles. The monoisotopic (exact) mass is 291 g/mol. The Bertz CT molecular complexity index is 244. The lowest BCUT2D eigenvalue weighted by atomic mass is 11.7. The van der Waals surface area contributed by atoms with E-state index in [2.05, 4.69) is 4.52 Å². The van der Waals surface area contributed by atoms with E-state index in [1.54, 1.807) is 0 Å². The third kappa shape index (κ3) is 8.26. The second-order valence-electron chi connectivity index (χ2n) is 1.74. The summed E-state index contributed by atoms with van der Waals surface area (Å²) in [6.07, 6.45) is 0. The third-order valence-corrected chi connectivity index (χ3v) is 4.55. The van der Waals surface area contributed by atoms with Gasteiger partial charge in [0.15, 0.2) is 0 Å². The Kier molecular flexibility index (Phi) is 14.0. The summed E-state index contributed by atoms with van der Waals surface area (Å²) < 4.78 is 24.8. The zero-order chi connectivity index (χ0) is 9.99. The van der Waals surface area contributed by atoms with Gasteiger partial charge in [0.1, 0.15) is 6.07 Å². The quantitative estimate of drug-likeness (QED) is 0.277. The van der Waals surface area contributed by atoms with Crippen LogP contribution in [0.25, 0.3) is 0 Å². The van der Waals surface area contributed by atoms with Crippen molar-refractivity contribution in [3.05, 3.63) is 0 Å². The molecule has 0 rings (SSSR count). The van der Waals surface area contributed by atoms with Gasteiger partial charge in [-0.1, -0.05) is 11.6 Å². The first-order valence-corrected chi connectivity index (χ1v) is 6.34. The van der Waals surface area contributed by atoms with Crippen molar-refractivity contribution in [2.45, 2.75) is 5.59 Å². The molecule has 0 saturated carbocycles. The molecule has 0 amide bonds. The maximum absolute atomic E-state index is 10.7. The normalized spacial score (nSPS) is 16.1. The number of hydrogen-bond donors (Lipinski definition) is 7. The molecule has 0 fully saturated rings. The first-order chi connectivity index (χ1) is 5.22. The van der Waals surface area contributed by atoms with Crippen molar-refractivity contribution in [3.8, 4) is 0 Å². The van der Waals surface area contributed by atoms with Crippen molar-refractivity contribution >= 4 is 26.8 Å². The van der Waals surface area contributed by atoms with Crippen LogP contribution in [0, 0.1) is 0 Å². The highest BCUT2D eigenvalue weighted by Crippen LogP contribution is 2.61. The van der Waals surface area contributed by atoms with E-state index in [1.807, 2.05) is 0 Å². The van der Waals surface area contributed by atoms with Crippen molar-refractivity contribution in [2.24, 2.45) is 0 Å². The zero-order valence-corrected chi connectivity index (χ0v) is 10.2. The molecule has 0 aromatic heterocycles. The van der Waals surface area contributed by atoms with Gasteiger partial charge < -0.3 is 38.2 Å². The Hall–Kier alpha value is 0.430. The van der Waals surface area contributed by atoms with Crippen molar-refractivity contribution in [2.75, 3.05) is 6.07 Å². The van der Waals surface area contributed by atoms with Gasteiger partial charge in [-0.15, -0.1) is 0 Å². The fraction of sp³-hybridized carbons (Fsp3) is 1.00. The number of alkyl halides is 1. The summed E-state index contributed by atoms with van der Waals surface area (Å²) in [6.45, 7) is 0. The first kappa shape index (κ1) is 24.6. The fourth-order valence-electron chi connectivity index (χ4n) is 0.327. The molecule has 13 heteroatoms. The topological polar surface area (TPSA) is 229 Å². The minimum atomic E-state index is -5.05. The van der Waals surface area contributed by atoms with E-state index in [9.17, 15) is 9.13 Å². The molecular weight excluding hydrogens is 275 g/mol. The van der Waals surface area contributed by atoms with Gasteiger partial charge in [-0.05, 0) is 0 Å². The molecule has 0 spiro atoms. The number of rotatable bonds is 4. The molecule has 0 aliphatic heterocycles. The second-order valence-corrected chi connectivity index (χ2v) is 5.91. The number of aliphatic hydroxyl groups excluding tert-OH is 1. The van der Waals surface area contributed by atoms with E-state index in [1.165, 1.54) is 0 Å². The van der Waals surface area contributed by atoms with Crippen LogP contribution in [0.5, 0.6) is 0 Å². The third-order valence-electron chi connectivity index (χ3n) is 0.826. The molecular formula is C2H16ClN3O7P2. The number of aliphatic hydroxyl groups is 1. The molecule has 2 unspecified atom stereocenters. The van der Waals surface area contributed by atoms with Crippen LogP contribution in [0.3, 0.4) is 0 Å². The van der Waals surface area contributed by atoms with E-state index < -0.39 is 26.8 Å². The highest BCUT2D eigenvalue weighted by atomic mass is 35.5. The molecule has 0 aliphatic rings. The van der Waals surface area contributed by atoms with Crippen LogP contribution in [0.2, 0.25) is 0 Å². The summed E-state index contributed by atoms with van der Waals surface area (Å²) in [6, 6.07) is -0.745. The summed E-state index contributed by atoms with van der Waals surface area (Å²) in [5.74, 6) is 0. The van der Waals surface area contributed by atoms with Gasteiger partial charge in [0.05, 0.1) is 0 Å². The lowest BCUT2D eigenvalue weighted by Gasteiger charge is -2.16. The summed E-state index contributed by atoms with van der Waals surface area (Å²) in [7, 11) is -9.79. The molecule has 15 heavy (non-hydrogen) atoms. The Morgan fingerprint density at radius 1 is 1.13 bits per heavy atom. The van der Waals surface area contributed by atoms with Crippen LogP contribution in [0.15, 0.2) is 0 Å². The molecule has 98 valence electrons. The molecule has 0 aromatic carbocycles. The van der Waals surface area contributed by atoms with Crippen LogP contribution in [0.1, 0.15) is 0 Å². The standard InChI is InChI=1S/C2H7ClO7P2.3H3N/c3-1-10-12(8,9)2(4)11(5,6)7;;;/h2,4H,1H2,(H,8,9)(H2,5,6,7);3*1H3. The molecule has 0 bridgehead atoms. The van der Waals surface area contributed by atoms with Gasteiger partial charge in [-0.2, -0.15) is 0 Å². The van der Waals surface area contributed by atoms with Gasteiger partial charge in [0.2, 0.25) is 0 Å². The van der Waals surface area contributed by atoms with Gasteiger partial charge in [0, 0.05) is 0 Å². The van der Waals surface area contributed by atoms with Crippen LogP contribution in [-0.4, -0.2) is 31.4 Å². The zero-order valence-electron chi connectivity index (χ0n) is 7.69. The molecule has 0 saturated heterocycles. The fourth-order valence-corrected chi connectivity index (χ4v) is 2.74. The molecule has 2 atom stereocenters. The highest BCUT2D eigenvalue weighted by Gasteiger charge is 2.44. The van der Waals surface area contributed by atoms with Gasteiger partial charge >= 0.3 is 15.2 Å². The largest absolute Gasteiger partial charge is 0.370 e. The van der Waals surface area contributed by atoms with Crippen molar-refractivity contribution < 1.29 is 33.4 Å². The lowest BCUT2D eigenvalue weighted by Crippen LogP contribution is -2.09. The Balaban J connectivity index is -0.000000202. The molecule has 0 aromatic rings. The number of halogens is 1. The van der Waals surface area contributed by atoms with Gasteiger partial charge in [-0.3, -0.25) is 13.7 Å². The van der Waals surface area contributed by atoms with E-state index in [4.69, 9.17) is 31.4 Å². The smallest absolute Gasteiger partial charge is 0.370 e. The Labute approximate surface area is 91.0 Å². The Morgan fingerprint density at radius 2 is 1.47 bits per heavy atom. The van der Waals surface area contributed by atoms with Crippen LogP contribution >= 0.6 is 26.8 Å². The molecule has 10 nitrogen and oxygen atoms in total. The summed E-state index contributed by atoms with van der Waals surface area (Å²) in [5, 5.41) is 8.58. The minimum Gasteiger partial charge on any atom is -0.370 e. The van der Waals surface area contributed by atoms with Crippen molar-refractivity contribution in [1.82, 2.24) is 18.5 Å². The van der Waals surface area contributed by atoms with Gasteiger partial charge in [-0.25, -0.2) is 0 Å². The lowest BCUT2D eigenvalue weighted by molar-refractivity contribution is 0.202. The van der Waals surface area contributed by atoms with E-state index in [0.717, 1.165) is 0 Å². The van der Waals surface area contributed by atoms with Crippen LogP contribution in [0.4, 0.5) is 0 Å². The average Bonchev–Trinajstić information content (AvgIpc) is 1.84. The van der Waals surface area contributed by atoms with Crippen molar-refractivity contribution in [3.63, 3.8) is 0 Å².